The number of fused-ring (bicyclic) bond motifs is 2. The molecule has 3 atom stereocenters. The number of urea groups is 1. The number of piperidine rings is 1. The summed E-state index contributed by atoms with van der Waals surface area (Å²) < 4.78 is 3.08. The van der Waals surface area contributed by atoms with E-state index in [-0.39, 0.29) is 24.0 Å². The lowest BCUT2D eigenvalue weighted by Crippen LogP contribution is -2.53. The molecule has 2 aromatic heterocycles. The molecule has 1 saturated heterocycles. The van der Waals surface area contributed by atoms with E-state index in [1.54, 1.807) is 6.20 Å². The van der Waals surface area contributed by atoms with E-state index in [1.165, 1.54) is 36.0 Å². The van der Waals surface area contributed by atoms with Crippen molar-refractivity contribution in [1.82, 2.24) is 30.1 Å². The third-order valence-corrected chi connectivity index (χ3v) is 10.5. The number of pyridine rings is 1. The van der Waals surface area contributed by atoms with E-state index in [4.69, 9.17) is 16.6 Å². The van der Waals surface area contributed by atoms with Crippen molar-refractivity contribution in [3.8, 4) is 0 Å². The van der Waals surface area contributed by atoms with Gasteiger partial charge in [-0.05, 0) is 122 Å². The van der Waals surface area contributed by atoms with Gasteiger partial charge in [0.25, 0.3) is 0 Å². The molecule has 6 rings (SSSR count). The van der Waals surface area contributed by atoms with Gasteiger partial charge in [0.1, 0.15) is 6.29 Å². The summed E-state index contributed by atoms with van der Waals surface area (Å²) in [5, 5.41) is 7.18. The quantitative estimate of drug-likeness (QED) is 0.179. The average molecular weight is 712 g/mol. The van der Waals surface area contributed by atoms with Crippen LogP contribution in [0.25, 0.3) is 0 Å². The maximum Gasteiger partial charge on any atom is 0.317 e. The molecule has 3 aromatic rings. The SMILES string of the molecule is CNCCCn1ccnc1.O=CCCC1CC(C2c3ccc(Cl)cc3CCc3cc(Br)cnc32)CCN1C(=O)NC1CCCCC1. The van der Waals surface area contributed by atoms with Crippen LogP contribution in [0.3, 0.4) is 0 Å². The van der Waals surface area contributed by atoms with Crippen LogP contribution in [0.1, 0.15) is 92.5 Å². The van der Waals surface area contributed by atoms with E-state index in [0.717, 1.165) is 79.5 Å². The molecule has 248 valence electrons. The van der Waals surface area contributed by atoms with Crippen LogP contribution >= 0.6 is 27.5 Å². The third-order valence-electron chi connectivity index (χ3n) is 9.81. The summed E-state index contributed by atoms with van der Waals surface area (Å²) in [4.78, 5) is 35.6. The summed E-state index contributed by atoms with van der Waals surface area (Å²) in [7, 11) is 1.97. The molecule has 10 heteroatoms. The van der Waals surface area contributed by atoms with Crippen LogP contribution in [0, 0.1) is 5.92 Å². The Morgan fingerprint density at radius 2 is 1.96 bits per heavy atom. The second-order valence-electron chi connectivity index (χ2n) is 12.9. The van der Waals surface area contributed by atoms with Crippen molar-refractivity contribution in [3.63, 3.8) is 0 Å². The first kappa shape index (κ1) is 34.6. The number of aryl methyl sites for hydroxylation is 3. The van der Waals surface area contributed by atoms with Crippen LogP contribution in [0.2, 0.25) is 5.02 Å². The first-order chi connectivity index (χ1) is 22.5. The predicted octanol–water partition coefficient (Wildman–Crippen LogP) is 7.32. The Kier molecular flexibility index (Phi) is 13.1. The highest BCUT2D eigenvalue weighted by Gasteiger charge is 2.39. The fraction of sp³-hybridized carbons (Fsp3) is 0.556. The number of halogens is 2. The van der Waals surface area contributed by atoms with Crippen LogP contribution in [-0.4, -0.2) is 64.0 Å². The van der Waals surface area contributed by atoms with Gasteiger partial charge in [-0.1, -0.05) is 36.9 Å². The van der Waals surface area contributed by atoms with Gasteiger partial charge in [0.05, 0.1) is 12.0 Å². The molecular formula is C36H48BrClN6O2. The third kappa shape index (κ3) is 9.20. The highest BCUT2D eigenvalue weighted by atomic mass is 79.9. The van der Waals surface area contributed by atoms with E-state index < -0.39 is 0 Å². The van der Waals surface area contributed by atoms with Crippen molar-refractivity contribution in [3.05, 3.63) is 81.1 Å². The number of carbonyl (C=O) groups is 2. The minimum absolute atomic E-state index is 0.0479. The van der Waals surface area contributed by atoms with Gasteiger partial charge in [-0.15, -0.1) is 0 Å². The fourth-order valence-corrected chi connectivity index (χ4v) is 8.08. The first-order valence-corrected chi connectivity index (χ1v) is 18.2. The molecule has 2 amide bonds. The lowest BCUT2D eigenvalue weighted by atomic mass is 9.74. The zero-order valence-electron chi connectivity index (χ0n) is 27.0. The first-order valence-electron chi connectivity index (χ1n) is 17.0. The second-order valence-corrected chi connectivity index (χ2v) is 14.3. The standard InChI is InChI=1S/C29H35BrClN3O2.C7H13N3/c30-22-15-21-9-8-19-16-23(31)10-11-26(19)27(28(21)32-18-22)20-12-13-34(25(17-20)7-4-14-35)29(36)33-24-5-2-1-3-6-24;1-8-3-2-5-10-6-4-9-7-10/h10-11,14-16,18,20,24-25,27H,1-9,12-13,17H2,(H,33,36);4,6-8H,2-3,5H2,1H3. The van der Waals surface area contributed by atoms with Crippen molar-refractivity contribution in [2.45, 2.75) is 102 Å². The molecule has 46 heavy (non-hydrogen) atoms. The zero-order chi connectivity index (χ0) is 32.3. The zero-order valence-corrected chi connectivity index (χ0v) is 29.3. The number of likely N-dealkylation sites (tertiary alicyclic amines) is 1. The van der Waals surface area contributed by atoms with E-state index in [1.807, 2.05) is 36.7 Å². The molecule has 2 aliphatic carbocycles. The Morgan fingerprint density at radius 3 is 2.72 bits per heavy atom. The van der Waals surface area contributed by atoms with Crippen LogP contribution < -0.4 is 10.6 Å². The van der Waals surface area contributed by atoms with Crippen LogP contribution in [-0.2, 0) is 24.2 Å². The molecule has 1 saturated carbocycles. The van der Waals surface area contributed by atoms with Crippen molar-refractivity contribution in [2.24, 2.45) is 5.92 Å². The normalized spacial score (nSPS) is 21.3. The van der Waals surface area contributed by atoms with Gasteiger partial charge in [0.2, 0.25) is 0 Å². The van der Waals surface area contributed by atoms with Crippen LogP contribution in [0.15, 0.2) is 53.7 Å². The van der Waals surface area contributed by atoms with Gasteiger partial charge in [-0.2, -0.15) is 0 Å². The monoisotopic (exact) mass is 710 g/mol. The molecular weight excluding hydrogens is 664 g/mol. The maximum absolute atomic E-state index is 13.3. The van der Waals surface area contributed by atoms with Crippen LogP contribution in [0.4, 0.5) is 4.79 Å². The average Bonchev–Trinajstić information content (AvgIpc) is 3.53. The highest BCUT2D eigenvalue weighted by Crippen LogP contribution is 2.44. The molecule has 0 radical (unpaired) electrons. The van der Waals surface area contributed by atoms with Crippen molar-refractivity contribution >= 4 is 39.8 Å². The van der Waals surface area contributed by atoms with Gasteiger partial charge in [0.15, 0.2) is 0 Å². The number of imidazole rings is 1. The Labute approximate surface area is 287 Å². The van der Waals surface area contributed by atoms with E-state index in [9.17, 15) is 9.59 Å². The minimum atomic E-state index is 0.0479. The van der Waals surface area contributed by atoms with Crippen molar-refractivity contribution in [2.75, 3.05) is 20.1 Å². The number of nitrogens with one attached hydrogen (secondary N) is 2. The Balaban J connectivity index is 0.000000356. The number of rotatable bonds is 9. The Morgan fingerprint density at radius 1 is 1.13 bits per heavy atom. The number of aromatic nitrogens is 3. The summed E-state index contributed by atoms with van der Waals surface area (Å²) in [6.07, 6.45) is 20.3. The molecule has 3 heterocycles. The topological polar surface area (TPSA) is 92.2 Å². The molecule has 0 bridgehead atoms. The number of amides is 2. The van der Waals surface area contributed by atoms with E-state index in [2.05, 4.69) is 54.3 Å². The van der Waals surface area contributed by atoms with E-state index in [0.29, 0.717) is 25.3 Å². The van der Waals surface area contributed by atoms with Gasteiger partial charge in [-0.25, -0.2) is 9.78 Å². The molecule has 2 fully saturated rings. The summed E-state index contributed by atoms with van der Waals surface area (Å²) in [6, 6.07) is 8.88. The lowest BCUT2D eigenvalue weighted by molar-refractivity contribution is -0.108. The molecule has 0 spiro atoms. The number of carbonyl (C=O) groups excluding carboxylic acids is 2. The van der Waals surface area contributed by atoms with Gasteiger partial charge >= 0.3 is 6.03 Å². The summed E-state index contributed by atoms with van der Waals surface area (Å²) >= 11 is 10.0. The number of aldehydes is 1. The number of hydrogen-bond donors (Lipinski definition) is 2. The summed E-state index contributed by atoms with van der Waals surface area (Å²) in [5.74, 6) is 0.496. The molecule has 8 nitrogen and oxygen atoms in total. The van der Waals surface area contributed by atoms with Gasteiger partial charge in [0, 0.05) is 65.6 Å². The lowest BCUT2D eigenvalue weighted by Gasteiger charge is -2.43. The predicted molar refractivity (Wildman–Crippen MR) is 187 cm³/mol. The molecule has 3 unspecified atom stereocenters. The second kappa shape index (κ2) is 17.4. The highest BCUT2D eigenvalue weighted by molar-refractivity contribution is 9.10. The molecule has 3 aliphatic rings. The van der Waals surface area contributed by atoms with Gasteiger partial charge < -0.3 is 24.9 Å². The van der Waals surface area contributed by atoms with Gasteiger partial charge in [-0.3, -0.25) is 4.98 Å². The minimum Gasteiger partial charge on any atom is -0.337 e. The van der Waals surface area contributed by atoms with Crippen molar-refractivity contribution in [1.29, 1.82) is 0 Å². The largest absolute Gasteiger partial charge is 0.337 e. The van der Waals surface area contributed by atoms with E-state index >= 15 is 0 Å². The summed E-state index contributed by atoms with van der Waals surface area (Å²) in [6.45, 7) is 2.83. The number of benzene rings is 1. The summed E-state index contributed by atoms with van der Waals surface area (Å²) in [5.41, 5.74) is 5.04. The van der Waals surface area contributed by atoms with Crippen LogP contribution in [0.5, 0.6) is 0 Å². The number of nitrogens with zero attached hydrogens (tertiary/aromatic N) is 4. The Bertz CT molecular complexity index is 1360. The number of hydrogen-bond acceptors (Lipinski definition) is 5. The molecule has 1 aliphatic heterocycles. The molecule has 1 aromatic carbocycles. The maximum atomic E-state index is 13.3. The van der Waals surface area contributed by atoms with Crippen molar-refractivity contribution < 1.29 is 9.59 Å². The Hall–Kier alpha value is -2.75. The smallest absolute Gasteiger partial charge is 0.317 e. The fourth-order valence-electron chi connectivity index (χ4n) is 7.51. The molecule has 2 N–H and O–H groups in total.